The number of aliphatic carboxylic acids is 1. The number of carboxylic acid groups (broad SMARTS) is 1. The van der Waals surface area contributed by atoms with E-state index in [4.69, 9.17) is 5.11 Å². The number of carbonyl (C=O) groups is 2. The molecule has 1 aromatic rings. The first-order chi connectivity index (χ1) is 8.79. The van der Waals surface area contributed by atoms with Crippen molar-refractivity contribution < 1.29 is 14.7 Å². The Kier molecular flexibility index (Phi) is 4.75. The molecule has 5 nitrogen and oxygen atoms in total. The van der Waals surface area contributed by atoms with Crippen LogP contribution in [-0.2, 0) is 11.3 Å². The Bertz CT molecular complexity index is 489. The number of hydrogen-bond acceptors (Lipinski definition) is 2. The normalized spacial score (nSPS) is 12.5. The van der Waals surface area contributed by atoms with Crippen LogP contribution in [0, 0.1) is 19.8 Å². The van der Waals surface area contributed by atoms with E-state index in [0.717, 1.165) is 17.9 Å². The largest absolute Gasteiger partial charge is 0.480 e. The van der Waals surface area contributed by atoms with Crippen molar-refractivity contribution in [2.75, 3.05) is 0 Å². The van der Waals surface area contributed by atoms with E-state index in [2.05, 4.69) is 5.32 Å². The third kappa shape index (κ3) is 3.16. The summed E-state index contributed by atoms with van der Waals surface area (Å²) in [6, 6.07) is 0.935. The van der Waals surface area contributed by atoms with Gasteiger partial charge in [0, 0.05) is 17.9 Å². The molecule has 1 amide bonds. The van der Waals surface area contributed by atoms with Gasteiger partial charge >= 0.3 is 5.97 Å². The number of carbonyl (C=O) groups excluding carboxylic acids is 1. The van der Waals surface area contributed by atoms with Gasteiger partial charge in [0.25, 0.3) is 5.91 Å². The SMILES string of the molecule is CCn1c(C)cc(C(=O)N[C@@H](C(=O)O)C(C)C)c1C. The molecule has 0 aliphatic heterocycles. The number of aryl methyl sites for hydroxylation is 1. The molecular weight excluding hydrogens is 244 g/mol. The van der Waals surface area contributed by atoms with Gasteiger partial charge in [-0.3, -0.25) is 4.79 Å². The molecule has 1 atom stereocenters. The van der Waals surface area contributed by atoms with Crippen LogP contribution >= 0.6 is 0 Å². The lowest BCUT2D eigenvalue weighted by Gasteiger charge is -2.17. The Balaban J connectivity index is 2.98. The van der Waals surface area contributed by atoms with Gasteiger partial charge in [-0.1, -0.05) is 13.8 Å². The van der Waals surface area contributed by atoms with E-state index in [0.29, 0.717) is 5.56 Å². The Morgan fingerprint density at radius 1 is 1.37 bits per heavy atom. The second-order valence-electron chi connectivity index (χ2n) is 5.06. The first kappa shape index (κ1) is 15.3. The van der Waals surface area contributed by atoms with Gasteiger partial charge in [-0.05, 0) is 32.8 Å². The van der Waals surface area contributed by atoms with Gasteiger partial charge < -0.3 is 15.0 Å². The van der Waals surface area contributed by atoms with E-state index >= 15 is 0 Å². The van der Waals surface area contributed by atoms with E-state index in [1.165, 1.54) is 0 Å². The molecule has 0 fully saturated rings. The molecule has 1 aromatic heterocycles. The number of rotatable bonds is 5. The third-order valence-electron chi connectivity index (χ3n) is 3.35. The Morgan fingerprint density at radius 2 is 1.95 bits per heavy atom. The Labute approximate surface area is 113 Å². The second kappa shape index (κ2) is 5.91. The van der Waals surface area contributed by atoms with Crippen molar-refractivity contribution in [1.29, 1.82) is 0 Å². The lowest BCUT2D eigenvalue weighted by atomic mass is 10.0. The fraction of sp³-hybridized carbons (Fsp3) is 0.571. The highest BCUT2D eigenvalue weighted by Gasteiger charge is 2.25. The van der Waals surface area contributed by atoms with E-state index in [9.17, 15) is 9.59 Å². The molecule has 0 aliphatic carbocycles. The lowest BCUT2D eigenvalue weighted by Crippen LogP contribution is -2.44. The van der Waals surface area contributed by atoms with Gasteiger partial charge in [-0.25, -0.2) is 4.79 Å². The van der Waals surface area contributed by atoms with Crippen LogP contribution in [-0.4, -0.2) is 27.6 Å². The Hall–Kier alpha value is -1.78. The quantitative estimate of drug-likeness (QED) is 0.855. The zero-order chi connectivity index (χ0) is 14.7. The molecule has 2 N–H and O–H groups in total. The first-order valence-corrected chi connectivity index (χ1v) is 6.50. The standard InChI is InChI=1S/C14H22N2O3/c1-6-16-9(4)7-11(10(16)5)13(17)15-12(8(2)3)14(18)19/h7-8,12H,6H2,1-5H3,(H,15,17)(H,18,19)/t12-/m1/s1. The molecule has 0 aromatic carbocycles. The number of hydrogen-bond donors (Lipinski definition) is 2. The van der Waals surface area contributed by atoms with Crippen molar-refractivity contribution in [3.05, 3.63) is 23.0 Å². The molecule has 1 rings (SSSR count). The molecule has 1 heterocycles. The summed E-state index contributed by atoms with van der Waals surface area (Å²) >= 11 is 0. The number of amides is 1. The van der Waals surface area contributed by atoms with Crippen LogP contribution in [0.15, 0.2) is 6.07 Å². The summed E-state index contributed by atoms with van der Waals surface area (Å²) in [7, 11) is 0. The first-order valence-electron chi connectivity index (χ1n) is 6.50. The van der Waals surface area contributed by atoms with Gasteiger partial charge in [0.2, 0.25) is 0 Å². The Morgan fingerprint density at radius 3 is 2.32 bits per heavy atom. The predicted octanol–water partition coefficient (Wildman–Crippen LogP) is 1.96. The van der Waals surface area contributed by atoms with Crippen LogP contribution in [0.3, 0.4) is 0 Å². The van der Waals surface area contributed by atoms with Gasteiger partial charge in [0.05, 0.1) is 5.56 Å². The van der Waals surface area contributed by atoms with Gasteiger partial charge in [-0.2, -0.15) is 0 Å². The molecule has 0 saturated carbocycles. The molecule has 5 heteroatoms. The van der Waals surface area contributed by atoms with Crippen molar-refractivity contribution in [1.82, 2.24) is 9.88 Å². The average molecular weight is 266 g/mol. The van der Waals surface area contributed by atoms with Crippen LogP contribution in [0.1, 0.15) is 42.5 Å². The van der Waals surface area contributed by atoms with Crippen LogP contribution < -0.4 is 5.32 Å². The molecule has 19 heavy (non-hydrogen) atoms. The highest BCUT2D eigenvalue weighted by atomic mass is 16.4. The number of carboxylic acids is 1. The minimum absolute atomic E-state index is 0.156. The van der Waals surface area contributed by atoms with Gasteiger partial charge in [-0.15, -0.1) is 0 Å². The number of nitrogens with zero attached hydrogens (tertiary/aromatic N) is 1. The fourth-order valence-corrected chi connectivity index (χ4v) is 2.25. The summed E-state index contributed by atoms with van der Waals surface area (Å²) in [6.07, 6.45) is 0. The smallest absolute Gasteiger partial charge is 0.326 e. The summed E-state index contributed by atoms with van der Waals surface area (Å²) in [4.78, 5) is 23.3. The van der Waals surface area contributed by atoms with Crippen molar-refractivity contribution in [2.24, 2.45) is 5.92 Å². The van der Waals surface area contributed by atoms with E-state index in [1.54, 1.807) is 19.9 Å². The number of aromatic nitrogens is 1. The summed E-state index contributed by atoms with van der Waals surface area (Å²) in [5, 5.41) is 11.7. The van der Waals surface area contributed by atoms with Crippen molar-refractivity contribution in [2.45, 2.75) is 47.2 Å². The molecule has 0 radical (unpaired) electrons. The zero-order valence-corrected chi connectivity index (χ0v) is 12.2. The average Bonchev–Trinajstić information content (AvgIpc) is 2.60. The molecule has 0 saturated heterocycles. The summed E-state index contributed by atoms with van der Waals surface area (Å²) in [6.45, 7) is 10.1. The monoisotopic (exact) mass is 266 g/mol. The maximum atomic E-state index is 12.2. The topological polar surface area (TPSA) is 71.3 Å². The number of nitrogens with one attached hydrogen (secondary N) is 1. The molecular formula is C14H22N2O3. The zero-order valence-electron chi connectivity index (χ0n) is 12.2. The molecule has 0 unspecified atom stereocenters. The maximum absolute atomic E-state index is 12.2. The minimum atomic E-state index is -1.01. The van der Waals surface area contributed by atoms with Crippen LogP contribution in [0.25, 0.3) is 0 Å². The van der Waals surface area contributed by atoms with Crippen molar-refractivity contribution >= 4 is 11.9 Å². The fourth-order valence-electron chi connectivity index (χ4n) is 2.25. The van der Waals surface area contributed by atoms with E-state index < -0.39 is 12.0 Å². The van der Waals surface area contributed by atoms with Crippen molar-refractivity contribution in [3.8, 4) is 0 Å². The summed E-state index contributed by atoms with van der Waals surface area (Å²) in [5.74, 6) is -1.49. The summed E-state index contributed by atoms with van der Waals surface area (Å²) in [5.41, 5.74) is 2.42. The second-order valence-corrected chi connectivity index (χ2v) is 5.06. The highest BCUT2D eigenvalue weighted by Crippen LogP contribution is 2.15. The summed E-state index contributed by atoms with van der Waals surface area (Å²) < 4.78 is 2.03. The van der Waals surface area contributed by atoms with E-state index in [1.807, 2.05) is 25.3 Å². The molecule has 0 bridgehead atoms. The molecule has 0 spiro atoms. The lowest BCUT2D eigenvalue weighted by molar-refractivity contribution is -0.140. The minimum Gasteiger partial charge on any atom is -0.480 e. The van der Waals surface area contributed by atoms with Crippen LogP contribution in [0.4, 0.5) is 0 Å². The third-order valence-corrected chi connectivity index (χ3v) is 3.35. The van der Waals surface area contributed by atoms with Crippen LogP contribution in [0.2, 0.25) is 0 Å². The predicted molar refractivity (Wildman–Crippen MR) is 73.3 cm³/mol. The van der Waals surface area contributed by atoms with Crippen LogP contribution in [0.5, 0.6) is 0 Å². The highest BCUT2D eigenvalue weighted by molar-refractivity contribution is 5.97. The van der Waals surface area contributed by atoms with Gasteiger partial charge in [0.15, 0.2) is 0 Å². The molecule has 0 aliphatic rings. The maximum Gasteiger partial charge on any atom is 0.326 e. The van der Waals surface area contributed by atoms with Crippen molar-refractivity contribution in [3.63, 3.8) is 0 Å². The molecule has 106 valence electrons. The van der Waals surface area contributed by atoms with E-state index in [-0.39, 0.29) is 11.8 Å². The van der Waals surface area contributed by atoms with Gasteiger partial charge in [0.1, 0.15) is 6.04 Å².